The molecule has 2 aromatic carbocycles. The Morgan fingerprint density at radius 1 is 0.800 bits per heavy atom. The van der Waals surface area contributed by atoms with Crippen LogP contribution in [-0.4, -0.2) is 5.11 Å². The molecule has 0 spiro atoms. The predicted molar refractivity (Wildman–Crippen MR) is 62.3 cm³/mol. The topological polar surface area (TPSA) is 20.2 Å². The third-order valence-electron chi connectivity index (χ3n) is 3.28. The molecule has 15 heavy (non-hydrogen) atoms. The molecule has 2 aromatic rings. The van der Waals surface area contributed by atoms with Gasteiger partial charge in [0.2, 0.25) is 0 Å². The van der Waals surface area contributed by atoms with Gasteiger partial charge in [-0.1, -0.05) is 18.2 Å². The fraction of sp³-hybridized carbons (Fsp3) is 0.286. The lowest BCUT2D eigenvalue weighted by molar-refractivity contribution is 0.476. The molecule has 0 amide bonds. The van der Waals surface area contributed by atoms with Crippen molar-refractivity contribution in [2.75, 3.05) is 0 Å². The standard InChI is InChI=1S/C14H14O/c15-14-6-5-12-7-10-3-1-2-4-11(10)8-13(12)9-14/h5-9,15H,1-4H2. The zero-order valence-electron chi connectivity index (χ0n) is 8.66. The van der Waals surface area contributed by atoms with Gasteiger partial charge in [-0.2, -0.15) is 0 Å². The maximum absolute atomic E-state index is 9.43. The first kappa shape index (κ1) is 8.78. The summed E-state index contributed by atoms with van der Waals surface area (Å²) in [6.07, 6.45) is 5.03. The minimum Gasteiger partial charge on any atom is -0.508 e. The lowest BCUT2D eigenvalue weighted by atomic mass is 9.89. The normalized spacial score (nSPS) is 15.2. The highest BCUT2D eigenvalue weighted by Crippen LogP contribution is 2.28. The third kappa shape index (κ3) is 1.48. The van der Waals surface area contributed by atoms with Gasteiger partial charge in [0, 0.05) is 0 Å². The van der Waals surface area contributed by atoms with Crippen molar-refractivity contribution in [2.24, 2.45) is 0 Å². The summed E-state index contributed by atoms with van der Waals surface area (Å²) >= 11 is 0. The van der Waals surface area contributed by atoms with Gasteiger partial charge in [-0.15, -0.1) is 0 Å². The lowest BCUT2D eigenvalue weighted by Gasteiger charge is -2.16. The van der Waals surface area contributed by atoms with Gasteiger partial charge in [0.15, 0.2) is 0 Å². The summed E-state index contributed by atoms with van der Waals surface area (Å²) in [6, 6.07) is 10.1. The van der Waals surface area contributed by atoms with Crippen LogP contribution >= 0.6 is 0 Å². The summed E-state index contributed by atoms with van der Waals surface area (Å²) in [5.41, 5.74) is 2.97. The second-order valence-electron chi connectivity index (χ2n) is 4.36. The maximum atomic E-state index is 9.43. The first-order valence-corrected chi connectivity index (χ1v) is 5.57. The Morgan fingerprint density at radius 3 is 2.20 bits per heavy atom. The van der Waals surface area contributed by atoms with Crippen molar-refractivity contribution in [2.45, 2.75) is 25.7 Å². The van der Waals surface area contributed by atoms with E-state index in [1.807, 2.05) is 12.1 Å². The summed E-state index contributed by atoms with van der Waals surface area (Å²) < 4.78 is 0. The van der Waals surface area contributed by atoms with E-state index < -0.39 is 0 Å². The highest BCUT2D eigenvalue weighted by atomic mass is 16.3. The van der Waals surface area contributed by atoms with Gasteiger partial charge in [0.05, 0.1) is 0 Å². The molecular weight excluding hydrogens is 184 g/mol. The molecule has 0 heterocycles. The maximum Gasteiger partial charge on any atom is 0.116 e. The van der Waals surface area contributed by atoms with Gasteiger partial charge < -0.3 is 5.11 Å². The molecule has 1 aliphatic carbocycles. The first-order valence-electron chi connectivity index (χ1n) is 5.57. The van der Waals surface area contributed by atoms with Gasteiger partial charge in [-0.25, -0.2) is 0 Å². The number of benzene rings is 2. The van der Waals surface area contributed by atoms with Crippen molar-refractivity contribution in [1.29, 1.82) is 0 Å². The molecule has 1 aliphatic rings. The van der Waals surface area contributed by atoms with Crippen molar-refractivity contribution < 1.29 is 5.11 Å². The smallest absolute Gasteiger partial charge is 0.116 e. The van der Waals surface area contributed by atoms with Gasteiger partial charge in [-0.05, 0) is 59.7 Å². The van der Waals surface area contributed by atoms with Crippen LogP contribution in [0.3, 0.4) is 0 Å². The predicted octanol–water partition coefficient (Wildman–Crippen LogP) is 3.42. The fourth-order valence-electron chi connectivity index (χ4n) is 2.48. The van der Waals surface area contributed by atoms with Gasteiger partial charge in [0.25, 0.3) is 0 Å². The molecule has 0 aliphatic heterocycles. The molecule has 0 fully saturated rings. The molecule has 0 aromatic heterocycles. The summed E-state index contributed by atoms with van der Waals surface area (Å²) in [5.74, 6) is 0.359. The number of fused-ring (bicyclic) bond motifs is 2. The van der Waals surface area contributed by atoms with Crippen molar-refractivity contribution in [3.8, 4) is 5.75 Å². The molecule has 1 heteroatoms. The molecule has 0 atom stereocenters. The van der Waals surface area contributed by atoms with E-state index in [2.05, 4.69) is 12.1 Å². The van der Waals surface area contributed by atoms with E-state index in [0.717, 1.165) is 5.39 Å². The van der Waals surface area contributed by atoms with Crippen LogP contribution < -0.4 is 0 Å². The molecule has 0 unspecified atom stereocenters. The molecule has 1 nitrogen and oxygen atoms in total. The number of phenols is 1. The zero-order chi connectivity index (χ0) is 10.3. The van der Waals surface area contributed by atoms with Crippen molar-refractivity contribution in [3.05, 3.63) is 41.5 Å². The number of hydrogen-bond donors (Lipinski definition) is 1. The van der Waals surface area contributed by atoms with Gasteiger partial charge in [0.1, 0.15) is 5.75 Å². The van der Waals surface area contributed by atoms with Crippen LogP contribution in [0.1, 0.15) is 24.0 Å². The number of hydrogen-bond acceptors (Lipinski definition) is 1. The largest absolute Gasteiger partial charge is 0.508 e. The molecule has 1 N–H and O–H groups in total. The Labute approximate surface area is 89.4 Å². The van der Waals surface area contributed by atoms with Crippen LogP contribution in [0.5, 0.6) is 5.75 Å². The van der Waals surface area contributed by atoms with Crippen LogP contribution in [0.15, 0.2) is 30.3 Å². The lowest BCUT2D eigenvalue weighted by Crippen LogP contribution is -2.01. The fourth-order valence-corrected chi connectivity index (χ4v) is 2.48. The number of rotatable bonds is 0. The summed E-state index contributed by atoms with van der Waals surface area (Å²) in [4.78, 5) is 0. The van der Waals surface area contributed by atoms with Crippen LogP contribution in [0.4, 0.5) is 0 Å². The minimum atomic E-state index is 0.359. The second kappa shape index (κ2) is 3.27. The molecule has 0 saturated carbocycles. The first-order chi connectivity index (χ1) is 7.33. The van der Waals surface area contributed by atoms with Crippen LogP contribution in [0.25, 0.3) is 10.8 Å². The molecular formula is C14H14O. The van der Waals surface area contributed by atoms with E-state index in [-0.39, 0.29) is 0 Å². The highest BCUT2D eigenvalue weighted by Gasteiger charge is 2.10. The monoisotopic (exact) mass is 198 g/mol. The number of phenolic OH excluding ortho intramolecular Hbond substituents is 1. The van der Waals surface area contributed by atoms with Crippen LogP contribution in [0.2, 0.25) is 0 Å². The van der Waals surface area contributed by atoms with E-state index in [9.17, 15) is 5.11 Å². The second-order valence-corrected chi connectivity index (χ2v) is 4.36. The average molecular weight is 198 g/mol. The zero-order valence-corrected chi connectivity index (χ0v) is 8.66. The summed E-state index contributed by atoms with van der Waals surface area (Å²) in [7, 11) is 0. The SMILES string of the molecule is Oc1ccc2cc3c(cc2c1)CCCC3. The number of aryl methyl sites for hydroxylation is 2. The number of aromatic hydroxyl groups is 1. The Bertz CT molecular complexity index is 514. The molecule has 0 saturated heterocycles. The van der Waals surface area contributed by atoms with Crippen molar-refractivity contribution >= 4 is 10.8 Å². The van der Waals surface area contributed by atoms with Crippen LogP contribution in [0, 0.1) is 0 Å². The van der Waals surface area contributed by atoms with E-state index in [1.165, 1.54) is 42.2 Å². The van der Waals surface area contributed by atoms with Crippen molar-refractivity contribution in [1.82, 2.24) is 0 Å². The quantitative estimate of drug-likeness (QED) is 0.687. The summed E-state index contributed by atoms with van der Waals surface area (Å²) in [5, 5.41) is 11.8. The third-order valence-corrected chi connectivity index (χ3v) is 3.28. The van der Waals surface area contributed by atoms with E-state index >= 15 is 0 Å². The molecule has 0 bridgehead atoms. The Kier molecular flexibility index (Phi) is 1.91. The van der Waals surface area contributed by atoms with E-state index in [4.69, 9.17) is 0 Å². The van der Waals surface area contributed by atoms with Crippen molar-refractivity contribution in [3.63, 3.8) is 0 Å². The Balaban J connectivity index is 2.26. The minimum absolute atomic E-state index is 0.359. The van der Waals surface area contributed by atoms with E-state index in [0.29, 0.717) is 5.75 Å². The Morgan fingerprint density at radius 2 is 1.47 bits per heavy atom. The summed E-state index contributed by atoms with van der Waals surface area (Å²) in [6.45, 7) is 0. The van der Waals surface area contributed by atoms with Gasteiger partial charge in [-0.3, -0.25) is 0 Å². The Hall–Kier alpha value is -1.50. The van der Waals surface area contributed by atoms with Gasteiger partial charge >= 0.3 is 0 Å². The highest BCUT2D eigenvalue weighted by molar-refractivity contribution is 5.85. The van der Waals surface area contributed by atoms with E-state index in [1.54, 1.807) is 6.07 Å². The molecule has 76 valence electrons. The molecule has 3 rings (SSSR count). The molecule has 0 radical (unpaired) electrons. The van der Waals surface area contributed by atoms with Crippen LogP contribution in [-0.2, 0) is 12.8 Å². The average Bonchev–Trinajstić information content (AvgIpc) is 2.26.